The van der Waals surface area contributed by atoms with E-state index >= 15 is 0 Å². The molecule has 0 atom stereocenters. The fourth-order valence-electron chi connectivity index (χ4n) is 4.04. The van der Waals surface area contributed by atoms with Crippen molar-refractivity contribution in [2.45, 2.75) is 19.5 Å². The number of aromatic carboxylic acids is 1. The minimum Gasteiger partial charge on any atom is -0.497 e. The van der Waals surface area contributed by atoms with Crippen LogP contribution < -0.4 is 14.8 Å². The standard InChI is InChI=1S/C28H26F3NO5/c1-17-24-15-19(6-7-25(24)37-26(17)27(33)34)20-13-21(28(29,30)31)16-23(14-20)36-11-10-32-9-8-18-4-3-5-22(12-18)35-2/h3-7,12-16,32H,8-11H2,1-2H3,(H,33,34). The summed E-state index contributed by atoms with van der Waals surface area (Å²) in [5.74, 6) is -0.526. The summed E-state index contributed by atoms with van der Waals surface area (Å²) < 4.78 is 57.1. The van der Waals surface area contributed by atoms with Crippen LogP contribution in [0, 0.1) is 6.92 Å². The minimum absolute atomic E-state index is 0.0923. The van der Waals surface area contributed by atoms with Gasteiger partial charge in [-0.1, -0.05) is 18.2 Å². The van der Waals surface area contributed by atoms with Gasteiger partial charge in [0.05, 0.1) is 12.7 Å². The first-order chi connectivity index (χ1) is 17.7. The molecule has 0 aliphatic rings. The Bertz CT molecular complexity index is 1410. The van der Waals surface area contributed by atoms with Crippen LogP contribution in [0.4, 0.5) is 13.2 Å². The third kappa shape index (κ3) is 6.24. The van der Waals surface area contributed by atoms with Gasteiger partial charge >= 0.3 is 12.1 Å². The number of carboxylic acids is 1. The number of benzene rings is 3. The Morgan fingerprint density at radius 3 is 2.54 bits per heavy atom. The molecule has 0 radical (unpaired) electrons. The molecule has 0 aliphatic heterocycles. The van der Waals surface area contributed by atoms with Crippen LogP contribution in [-0.2, 0) is 12.6 Å². The van der Waals surface area contributed by atoms with Crippen LogP contribution in [0.3, 0.4) is 0 Å². The fraction of sp³-hybridized carbons (Fsp3) is 0.250. The lowest BCUT2D eigenvalue weighted by Crippen LogP contribution is -2.23. The molecule has 0 saturated heterocycles. The van der Waals surface area contributed by atoms with Crippen molar-refractivity contribution in [3.63, 3.8) is 0 Å². The number of rotatable bonds is 10. The Morgan fingerprint density at radius 1 is 1.00 bits per heavy atom. The topological polar surface area (TPSA) is 80.9 Å². The Kier molecular flexibility index (Phi) is 7.73. The van der Waals surface area contributed by atoms with E-state index < -0.39 is 17.7 Å². The average Bonchev–Trinajstić information content (AvgIpc) is 3.21. The number of fused-ring (bicyclic) bond motifs is 1. The number of alkyl halides is 3. The van der Waals surface area contributed by atoms with Gasteiger partial charge in [0.15, 0.2) is 0 Å². The molecule has 194 valence electrons. The predicted octanol–water partition coefficient (Wildman–Crippen LogP) is 6.34. The van der Waals surface area contributed by atoms with Gasteiger partial charge in [-0.3, -0.25) is 0 Å². The highest BCUT2D eigenvalue weighted by atomic mass is 19.4. The monoisotopic (exact) mass is 513 g/mol. The lowest BCUT2D eigenvalue weighted by atomic mass is 10.00. The second kappa shape index (κ2) is 11.0. The highest BCUT2D eigenvalue weighted by Gasteiger charge is 2.31. The third-order valence-electron chi connectivity index (χ3n) is 5.97. The molecule has 0 aliphatic carbocycles. The molecule has 4 rings (SSSR count). The number of carbonyl (C=O) groups is 1. The van der Waals surface area contributed by atoms with Gasteiger partial charge in [0.25, 0.3) is 0 Å². The molecule has 0 bridgehead atoms. The van der Waals surface area contributed by atoms with Crippen LogP contribution in [0.2, 0.25) is 0 Å². The Labute approximate surface area is 211 Å². The van der Waals surface area contributed by atoms with E-state index in [2.05, 4.69) is 5.32 Å². The summed E-state index contributed by atoms with van der Waals surface area (Å²) in [4.78, 5) is 11.4. The molecule has 3 aromatic carbocycles. The first-order valence-corrected chi connectivity index (χ1v) is 11.6. The fourth-order valence-corrected chi connectivity index (χ4v) is 4.04. The van der Waals surface area contributed by atoms with E-state index in [-0.39, 0.29) is 18.1 Å². The van der Waals surface area contributed by atoms with E-state index in [0.29, 0.717) is 40.7 Å². The molecule has 0 spiro atoms. The van der Waals surface area contributed by atoms with E-state index in [1.807, 2.05) is 24.3 Å². The summed E-state index contributed by atoms with van der Waals surface area (Å²) in [5.41, 5.74) is 1.82. The minimum atomic E-state index is -4.56. The summed E-state index contributed by atoms with van der Waals surface area (Å²) >= 11 is 0. The van der Waals surface area contributed by atoms with Gasteiger partial charge in [-0.25, -0.2) is 4.79 Å². The summed E-state index contributed by atoms with van der Waals surface area (Å²) in [5, 5.41) is 13.0. The summed E-state index contributed by atoms with van der Waals surface area (Å²) in [6.45, 7) is 2.90. The molecule has 6 nitrogen and oxygen atoms in total. The zero-order valence-corrected chi connectivity index (χ0v) is 20.3. The van der Waals surface area contributed by atoms with Crippen molar-refractivity contribution in [1.29, 1.82) is 0 Å². The van der Waals surface area contributed by atoms with E-state index in [1.165, 1.54) is 0 Å². The van der Waals surface area contributed by atoms with Crippen LogP contribution >= 0.6 is 0 Å². The number of furan rings is 1. The van der Waals surface area contributed by atoms with Gasteiger partial charge in [-0.15, -0.1) is 0 Å². The van der Waals surface area contributed by atoms with Gasteiger partial charge in [-0.05, 0) is 79.0 Å². The molecule has 1 heterocycles. The van der Waals surface area contributed by atoms with Crippen LogP contribution in [0.5, 0.6) is 11.5 Å². The van der Waals surface area contributed by atoms with Crippen molar-refractivity contribution < 1.29 is 37.0 Å². The number of halogens is 3. The Hall–Kier alpha value is -3.98. The zero-order valence-electron chi connectivity index (χ0n) is 20.3. The van der Waals surface area contributed by atoms with E-state index in [1.54, 1.807) is 38.3 Å². The Balaban J connectivity index is 1.46. The van der Waals surface area contributed by atoms with Gasteiger partial charge in [0.2, 0.25) is 5.76 Å². The molecular formula is C28H26F3NO5. The second-order valence-corrected chi connectivity index (χ2v) is 8.52. The molecule has 0 amide bonds. The normalized spacial score (nSPS) is 11.6. The highest BCUT2D eigenvalue weighted by Crippen LogP contribution is 2.37. The SMILES string of the molecule is COc1cccc(CCNCCOc2cc(-c3ccc4oc(C(=O)O)c(C)c4c3)cc(C(F)(F)F)c2)c1. The molecule has 2 N–H and O–H groups in total. The summed E-state index contributed by atoms with van der Waals surface area (Å²) in [6, 6.07) is 16.1. The smallest absolute Gasteiger partial charge is 0.416 e. The maximum Gasteiger partial charge on any atom is 0.416 e. The van der Waals surface area contributed by atoms with Gasteiger partial charge in [0, 0.05) is 17.5 Å². The van der Waals surface area contributed by atoms with Gasteiger partial charge in [-0.2, -0.15) is 13.2 Å². The molecular weight excluding hydrogens is 487 g/mol. The third-order valence-corrected chi connectivity index (χ3v) is 5.97. The largest absolute Gasteiger partial charge is 0.497 e. The van der Waals surface area contributed by atoms with Crippen LogP contribution in [0.25, 0.3) is 22.1 Å². The number of carboxylic acid groups (broad SMARTS) is 1. The number of methoxy groups -OCH3 is 1. The maximum absolute atomic E-state index is 13.6. The predicted molar refractivity (Wildman–Crippen MR) is 133 cm³/mol. The average molecular weight is 514 g/mol. The van der Waals surface area contributed by atoms with Crippen molar-refractivity contribution in [2.24, 2.45) is 0 Å². The van der Waals surface area contributed by atoms with Crippen molar-refractivity contribution in [2.75, 3.05) is 26.8 Å². The zero-order chi connectivity index (χ0) is 26.6. The van der Waals surface area contributed by atoms with Crippen molar-refractivity contribution >= 4 is 16.9 Å². The molecule has 1 aromatic heterocycles. The lowest BCUT2D eigenvalue weighted by Gasteiger charge is -2.14. The lowest BCUT2D eigenvalue weighted by molar-refractivity contribution is -0.137. The maximum atomic E-state index is 13.6. The molecule has 0 fully saturated rings. The van der Waals surface area contributed by atoms with Crippen molar-refractivity contribution in [1.82, 2.24) is 5.32 Å². The molecule has 0 saturated carbocycles. The summed E-state index contributed by atoms with van der Waals surface area (Å²) in [6.07, 6.45) is -3.79. The molecule has 9 heteroatoms. The molecule has 4 aromatic rings. The van der Waals surface area contributed by atoms with Crippen LogP contribution in [-0.4, -0.2) is 37.9 Å². The van der Waals surface area contributed by atoms with E-state index in [0.717, 1.165) is 29.9 Å². The number of ether oxygens (including phenoxy) is 2. The van der Waals surface area contributed by atoms with Gasteiger partial charge in [0.1, 0.15) is 23.7 Å². The van der Waals surface area contributed by atoms with Crippen molar-refractivity contribution in [3.8, 4) is 22.6 Å². The highest BCUT2D eigenvalue weighted by molar-refractivity contribution is 5.96. The number of hydrogen-bond acceptors (Lipinski definition) is 5. The van der Waals surface area contributed by atoms with Crippen LogP contribution in [0.15, 0.2) is 65.1 Å². The van der Waals surface area contributed by atoms with Crippen molar-refractivity contribution in [3.05, 3.63) is 83.1 Å². The van der Waals surface area contributed by atoms with E-state index in [4.69, 9.17) is 13.9 Å². The first kappa shape index (κ1) is 26.1. The van der Waals surface area contributed by atoms with E-state index in [9.17, 15) is 23.1 Å². The molecule has 0 unspecified atom stereocenters. The Morgan fingerprint density at radius 2 is 1.81 bits per heavy atom. The first-order valence-electron chi connectivity index (χ1n) is 11.6. The number of nitrogens with one attached hydrogen (secondary N) is 1. The second-order valence-electron chi connectivity index (χ2n) is 8.52. The van der Waals surface area contributed by atoms with Crippen LogP contribution in [0.1, 0.15) is 27.2 Å². The summed E-state index contributed by atoms with van der Waals surface area (Å²) in [7, 11) is 1.61. The number of hydrogen-bond donors (Lipinski definition) is 2. The van der Waals surface area contributed by atoms with Gasteiger partial charge < -0.3 is 24.3 Å². The quantitative estimate of drug-likeness (QED) is 0.241. The molecule has 37 heavy (non-hydrogen) atoms. The number of aryl methyl sites for hydroxylation is 1.